The van der Waals surface area contributed by atoms with Gasteiger partial charge in [-0.3, -0.25) is 4.79 Å². The lowest BCUT2D eigenvalue weighted by molar-refractivity contribution is -0.118. The van der Waals surface area contributed by atoms with Gasteiger partial charge >= 0.3 is 0 Å². The maximum atomic E-state index is 12.2. The van der Waals surface area contributed by atoms with E-state index in [9.17, 15) is 4.79 Å². The number of amides is 1. The lowest BCUT2D eigenvalue weighted by Crippen LogP contribution is -2.20. The van der Waals surface area contributed by atoms with Gasteiger partial charge in [0.2, 0.25) is 0 Å². The Bertz CT molecular complexity index is 763. The van der Waals surface area contributed by atoms with Crippen molar-refractivity contribution in [2.45, 2.75) is 20.8 Å². The third-order valence-electron chi connectivity index (χ3n) is 3.42. The molecule has 5 heteroatoms. The molecule has 0 bridgehead atoms. The van der Waals surface area contributed by atoms with E-state index in [1.807, 2.05) is 45.0 Å². The first-order valence-electron chi connectivity index (χ1n) is 7.92. The highest BCUT2D eigenvalue weighted by molar-refractivity contribution is 6.32. The molecule has 2 aromatic carbocycles. The minimum atomic E-state index is -0.267. The molecule has 0 saturated carbocycles. The maximum Gasteiger partial charge on any atom is 0.262 e. The highest BCUT2D eigenvalue weighted by Gasteiger charge is 2.10. The molecule has 4 nitrogen and oxygen atoms in total. The lowest BCUT2D eigenvalue weighted by atomic mass is 10.1. The third kappa shape index (κ3) is 5.54. The fourth-order valence-electron chi connectivity index (χ4n) is 2.22. The molecule has 0 unspecified atom stereocenters. The molecular formula is C20H22ClNO3. The monoisotopic (exact) mass is 359 g/mol. The van der Waals surface area contributed by atoms with E-state index in [2.05, 4.69) is 11.9 Å². The van der Waals surface area contributed by atoms with Gasteiger partial charge in [-0.25, -0.2) is 0 Å². The highest BCUT2D eigenvalue weighted by atomic mass is 35.5. The van der Waals surface area contributed by atoms with Crippen LogP contribution in [0.25, 0.3) is 0 Å². The summed E-state index contributed by atoms with van der Waals surface area (Å²) in [7, 11) is 0. The van der Waals surface area contributed by atoms with Crippen LogP contribution in [0.2, 0.25) is 5.02 Å². The van der Waals surface area contributed by atoms with E-state index in [1.54, 1.807) is 12.1 Å². The largest absolute Gasteiger partial charge is 0.487 e. The quantitative estimate of drug-likeness (QED) is 0.713. The molecule has 0 saturated heterocycles. The molecule has 0 spiro atoms. The Balaban J connectivity index is 1.98. The van der Waals surface area contributed by atoms with Gasteiger partial charge in [0.25, 0.3) is 5.91 Å². The second-order valence-corrected chi connectivity index (χ2v) is 6.33. The molecule has 0 aliphatic heterocycles. The summed E-state index contributed by atoms with van der Waals surface area (Å²) >= 11 is 6.13. The first-order chi connectivity index (χ1) is 11.9. The van der Waals surface area contributed by atoms with Gasteiger partial charge in [0, 0.05) is 5.02 Å². The van der Waals surface area contributed by atoms with Crippen molar-refractivity contribution in [3.05, 3.63) is 64.7 Å². The van der Waals surface area contributed by atoms with E-state index >= 15 is 0 Å². The minimum Gasteiger partial charge on any atom is -0.487 e. The second kappa shape index (κ2) is 8.58. The number of carbonyl (C=O) groups is 1. The zero-order chi connectivity index (χ0) is 18.4. The predicted molar refractivity (Wildman–Crippen MR) is 102 cm³/mol. The Hall–Kier alpha value is -2.46. The Morgan fingerprint density at radius 3 is 2.40 bits per heavy atom. The van der Waals surface area contributed by atoms with Crippen LogP contribution < -0.4 is 14.8 Å². The summed E-state index contributed by atoms with van der Waals surface area (Å²) in [6, 6.07) is 10.9. The van der Waals surface area contributed by atoms with Gasteiger partial charge in [-0.05, 0) is 61.7 Å². The van der Waals surface area contributed by atoms with Crippen LogP contribution in [0.3, 0.4) is 0 Å². The average Bonchev–Trinajstić information content (AvgIpc) is 2.57. The SMILES string of the molecule is C=C(C)COc1ccccc1NC(=O)COc1cc(C)c(Cl)c(C)c1. The third-order valence-corrected chi connectivity index (χ3v) is 4.01. The van der Waals surface area contributed by atoms with E-state index in [-0.39, 0.29) is 12.5 Å². The molecule has 25 heavy (non-hydrogen) atoms. The van der Waals surface area contributed by atoms with Crippen LogP contribution in [0, 0.1) is 13.8 Å². The smallest absolute Gasteiger partial charge is 0.262 e. The first kappa shape index (κ1) is 18.9. The summed E-state index contributed by atoms with van der Waals surface area (Å²) in [6.45, 7) is 9.78. The summed E-state index contributed by atoms with van der Waals surface area (Å²) in [5.74, 6) is 0.940. The van der Waals surface area contributed by atoms with Crippen LogP contribution in [0.15, 0.2) is 48.6 Å². The lowest BCUT2D eigenvalue weighted by Gasteiger charge is -2.13. The van der Waals surface area contributed by atoms with Crippen LogP contribution in [0.5, 0.6) is 11.5 Å². The minimum absolute atomic E-state index is 0.102. The van der Waals surface area contributed by atoms with E-state index in [1.165, 1.54) is 0 Å². The predicted octanol–water partition coefficient (Wildman–Crippen LogP) is 4.93. The number of benzene rings is 2. The summed E-state index contributed by atoms with van der Waals surface area (Å²) in [5.41, 5.74) is 3.32. The Kier molecular flexibility index (Phi) is 6.48. The molecule has 0 heterocycles. The number of carbonyl (C=O) groups excluding carboxylic acids is 1. The standard InChI is InChI=1S/C20H22ClNO3/c1-13(2)11-25-18-8-6-5-7-17(18)22-19(23)12-24-16-9-14(3)20(21)15(4)10-16/h5-10H,1,11-12H2,2-4H3,(H,22,23). The fourth-order valence-corrected chi connectivity index (χ4v) is 2.33. The number of halogens is 1. The van der Waals surface area contributed by atoms with Gasteiger partial charge in [0.05, 0.1) is 5.69 Å². The van der Waals surface area contributed by atoms with Crippen molar-refractivity contribution in [1.82, 2.24) is 0 Å². The maximum absolute atomic E-state index is 12.2. The fraction of sp³-hybridized carbons (Fsp3) is 0.250. The molecule has 2 rings (SSSR count). The Morgan fingerprint density at radius 2 is 1.76 bits per heavy atom. The molecule has 0 radical (unpaired) electrons. The van der Waals surface area contributed by atoms with E-state index < -0.39 is 0 Å². The van der Waals surface area contributed by atoms with Gasteiger partial charge in [-0.15, -0.1) is 0 Å². The number of rotatable bonds is 7. The summed E-state index contributed by atoms with van der Waals surface area (Å²) in [6.07, 6.45) is 0. The van der Waals surface area contributed by atoms with Gasteiger partial charge in [0.1, 0.15) is 18.1 Å². The van der Waals surface area contributed by atoms with E-state index in [0.717, 1.165) is 16.7 Å². The summed E-state index contributed by atoms with van der Waals surface area (Å²) < 4.78 is 11.2. The molecule has 132 valence electrons. The Morgan fingerprint density at radius 1 is 1.12 bits per heavy atom. The van der Waals surface area contributed by atoms with E-state index in [0.29, 0.717) is 28.8 Å². The first-order valence-corrected chi connectivity index (χ1v) is 8.30. The number of ether oxygens (including phenoxy) is 2. The number of para-hydroxylation sites is 2. The Labute approximate surface area is 153 Å². The van der Waals surface area contributed by atoms with Gasteiger partial charge in [0.15, 0.2) is 6.61 Å². The molecule has 0 fully saturated rings. The normalized spacial score (nSPS) is 10.2. The molecule has 1 N–H and O–H groups in total. The van der Waals surface area contributed by atoms with Crippen LogP contribution in [-0.4, -0.2) is 19.1 Å². The summed E-state index contributed by atoms with van der Waals surface area (Å²) in [5, 5.41) is 3.51. The molecule has 0 aliphatic rings. The van der Waals surface area contributed by atoms with Crippen molar-refractivity contribution in [1.29, 1.82) is 0 Å². The summed E-state index contributed by atoms with van der Waals surface area (Å²) in [4.78, 5) is 12.2. The van der Waals surface area contributed by atoms with Crippen molar-refractivity contribution in [2.75, 3.05) is 18.5 Å². The zero-order valence-corrected chi connectivity index (χ0v) is 15.4. The zero-order valence-electron chi connectivity index (χ0n) is 14.7. The van der Waals surface area contributed by atoms with E-state index in [4.69, 9.17) is 21.1 Å². The van der Waals surface area contributed by atoms with Crippen molar-refractivity contribution in [3.63, 3.8) is 0 Å². The van der Waals surface area contributed by atoms with Crippen LogP contribution in [0.1, 0.15) is 18.1 Å². The van der Waals surface area contributed by atoms with Gasteiger partial charge < -0.3 is 14.8 Å². The number of nitrogens with one attached hydrogen (secondary N) is 1. The average molecular weight is 360 g/mol. The highest BCUT2D eigenvalue weighted by Crippen LogP contribution is 2.26. The van der Waals surface area contributed by atoms with Gasteiger partial charge in [-0.1, -0.05) is 30.3 Å². The molecule has 0 aliphatic carbocycles. The number of hydrogen-bond donors (Lipinski definition) is 1. The van der Waals surface area contributed by atoms with Crippen LogP contribution >= 0.6 is 11.6 Å². The molecule has 0 aromatic heterocycles. The molecular weight excluding hydrogens is 338 g/mol. The van der Waals surface area contributed by atoms with Crippen molar-refractivity contribution >= 4 is 23.2 Å². The van der Waals surface area contributed by atoms with Crippen molar-refractivity contribution < 1.29 is 14.3 Å². The second-order valence-electron chi connectivity index (χ2n) is 5.95. The van der Waals surface area contributed by atoms with Crippen molar-refractivity contribution in [2.24, 2.45) is 0 Å². The number of aryl methyl sites for hydroxylation is 2. The molecule has 0 atom stereocenters. The van der Waals surface area contributed by atoms with Crippen LogP contribution in [-0.2, 0) is 4.79 Å². The molecule has 2 aromatic rings. The number of hydrogen-bond acceptors (Lipinski definition) is 3. The molecule has 1 amide bonds. The topological polar surface area (TPSA) is 47.6 Å². The van der Waals surface area contributed by atoms with Gasteiger partial charge in [-0.2, -0.15) is 0 Å². The van der Waals surface area contributed by atoms with Crippen LogP contribution in [0.4, 0.5) is 5.69 Å². The number of anilines is 1. The van der Waals surface area contributed by atoms with Crippen molar-refractivity contribution in [3.8, 4) is 11.5 Å².